The summed E-state index contributed by atoms with van der Waals surface area (Å²) < 4.78 is 35.3. The van der Waals surface area contributed by atoms with Gasteiger partial charge in [0.1, 0.15) is 19.3 Å². The summed E-state index contributed by atoms with van der Waals surface area (Å²) in [6, 6.07) is 12.6. The number of rotatable bonds is 3. The molecule has 32 heavy (non-hydrogen) atoms. The fourth-order valence-corrected chi connectivity index (χ4v) is 1.95. The van der Waals surface area contributed by atoms with Crippen molar-refractivity contribution in [3.63, 3.8) is 0 Å². The molecule has 0 radical (unpaired) electrons. The van der Waals surface area contributed by atoms with Gasteiger partial charge in [0.15, 0.2) is 0 Å². The number of allylic oxidation sites excluding steroid dienone is 1. The largest absolute Gasteiger partial charge is 1.00 e. The molecule has 1 amide bonds. The number of carbonyl (C=O) groups excluding carboxylic acids is 3. The van der Waals surface area contributed by atoms with Crippen LogP contribution in [0.15, 0.2) is 59.6 Å². The number of aryl methyl sites for hydroxylation is 1. The second-order valence-corrected chi connectivity index (χ2v) is 5.49. The van der Waals surface area contributed by atoms with E-state index in [2.05, 4.69) is 23.3 Å². The van der Waals surface area contributed by atoms with Crippen LogP contribution < -0.4 is 56.7 Å². The summed E-state index contributed by atoms with van der Waals surface area (Å²) in [7, 11) is 1.60. The van der Waals surface area contributed by atoms with Gasteiger partial charge >= 0.3 is 57.6 Å². The number of halogens is 3. The molecule has 0 saturated heterocycles. The third-order valence-corrected chi connectivity index (χ3v) is 3.43. The van der Waals surface area contributed by atoms with E-state index in [1.165, 1.54) is 12.1 Å². The third kappa shape index (κ3) is 14.1. The summed E-state index contributed by atoms with van der Waals surface area (Å²) in [6.07, 6.45) is -0.776. The summed E-state index contributed by atoms with van der Waals surface area (Å²) in [4.78, 5) is 31.7. The van der Waals surface area contributed by atoms with Gasteiger partial charge in [-0.15, -0.1) is 5.56 Å². The van der Waals surface area contributed by atoms with Crippen LogP contribution in [0.4, 0.5) is 18.9 Å². The molecule has 2 aromatic rings. The zero-order valence-corrected chi connectivity index (χ0v) is 21.7. The molecule has 2 rings (SSSR count). The molecule has 0 atom stereocenters. The Morgan fingerprint density at radius 1 is 1.19 bits per heavy atom. The van der Waals surface area contributed by atoms with Crippen molar-refractivity contribution in [2.24, 2.45) is 4.99 Å². The van der Waals surface area contributed by atoms with Crippen LogP contribution >= 0.6 is 0 Å². The van der Waals surface area contributed by atoms with E-state index < -0.39 is 11.7 Å². The van der Waals surface area contributed by atoms with E-state index >= 15 is 0 Å². The van der Waals surface area contributed by atoms with Crippen LogP contribution in [0.3, 0.4) is 0 Å². The van der Waals surface area contributed by atoms with Crippen LogP contribution in [0.25, 0.3) is 0 Å². The number of nitrogens with zero attached hydrogens (tertiary/aromatic N) is 1. The first-order valence-electron chi connectivity index (χ1n) is 8.63. The van der Waals surface area contributed by atoms with E-state index in [0.29, 0.717) is 5.71 Å². The van der Waals surface area contributed by atoms with Gasteiger partial charge in [-0.25, -0.2) is 0 Å². The van der Waals surface area contributed by atoms with Crippen LogP contribution in [-0.4, -0.2) is 32.2 Å². The minimum atomic E-state index is -4.24. The molecule has 0 bridgehead atoms. The van der Waals surface area contributed by atoms with Crippen LogP contribution in [-0.2, 0) is 20.6 Å². The van der Waals surface area contributed by atoms with Crippen molar-refractivity contribution in [1.82, 2.24) is 0 Å². The molecule has 2 aromatic carbocycles. The monoisotopic (exact) mass is 473 g/mol. The molecule has 168 valence electrons. The molecule has 0 aliphatic heterocycles. The van der Waals surface area contributed by atoms with Crippen LogP contribution in [0.5, 0.6) is 0 Å². The van der Waals surface area contributed by atoms with Gasteiger partial charge in [0, 0.05) is 12.7 Å². The molecule has 0 aromatic heterocycles. The molecule has 1 N–H and O–H groups in total. The summed E-state index contributed by atoms with van der Waals surface area (Å²) in [6.45, 7) is 11.7. The van der Waals surface area contributed by atoms with Crippen LogP contribution in [0, 0.1) is 19.9 Å². The van der Waals surface area contributed by atoms with Crippen LogP contribution in [0.1, 0.15) is 23.6 Å². The maximum atomic E-state index is 11.8. The molecule has 0 fully saturated rings. The molecule has 0 unspecified atom stereocenters. The number of anilines is 1. The first-order chi connectivity index (χ1) is 14.7. The zero-order chi connectivity index (χ0) is 24.4. The fraction of sp³-hybridized carbons (Fsp3) is 0.174. The van der Waals surface area contributed by atoms with Gasteiger partial charge in [0.05, 0.1) is 0 Å². The Kier molecular flexibility index (Phi) is 21.2. The Morgan fingerprint density at radius 3 is 2.16 bits per heavy atom. The first-order valence-corrected chi connectivity index (χ1v) is 8.63. The first kappa shape index (κ1) is 34.6. The normalized spacial score (nSPS) is 10.1. The topological polar surface area (TPSA) is 75.6 Å². The molecule has 5 nitrogen and oxygen atoms in total. The maximum Gasteiger partial charge on any atom is 1.00 e. The van der Waals surface area contributed by atoms with Gasteiger partial charge in [-0.2, -0.15) is 62.1 Å². The van der Waals surface area contributed by atoms with E-state index in [-0.39, 0.29) is 57.3 Å². The molecular weight excluding hydrogens is 448 g/mol. The van der Waals surface area contributed by atoms with Gasteiger partial charge in [-0.3, -0.25) is 9.79 Å². The zero-order valence-electron chi connectivity index (χ0n) is 18.6. The Morgan fingerprint density at radius 2 is 1.78 bits per heavy atom. The predicted molar refractivity (Wildman–Crippen MR) is 117 cm³/mol. The van der Waals surface area contributed by atoms with Gasteiger partial charge in [-0.1, -0.05) is 30.7 Å². The summed E-state index contributed by atoms with van der Waals surface area (Å²) in [5, 5.41) is 2.80. The maximum absolute atomic E-state index is 11.8. The van der Waals surface area contributed by atoms with Crippen molar-refractivity contribution in [3.8, 4) is 0 Å². The van der Waals surface area contributed by atoms with E-state index in [0.717, 1.165) is 28.9 Å². The number of nitrogens with one attached hydrogen (secondary N) is 1. The number of amides is 1. The van der Waals surface area contributed by atoms with E-state index in [1.54, 1.807) is 19.2 Å². The molecule has 0 aliphatic carbocycles. The molecule has 9 heteroatoms. The second kappa shape index (κ2) is 19.6. The van der Waals surface area contributed by atoms with Crippen molar-refractivity contribution in [2.45, 2.75) is 20.0 Å². The molecule has 0 heterocycles. The smallest absolute Gasteiger partial charge is 0.323 e. The van der Waals surface area contributed by atoms with Gasteiger partial charge in [0.2, 0.25) is 0 Å². The van der Waals surface area contributed by atoms with E-state index in [4.69, 9.17) is 9.59 Å². The number of hydrogen-bond acceptors (Lipinski definition) is 4. The summed E-state index contributed by atoms with van der Waals surface area (Å²) >= 11 is 0. The second-order valence-electron chi connectivity index (χ2n) is 5.49. The summed E-state index contributed by atoms with van der Waals surface area (Å²) in [5.74, 6) is -0.207. The Hall–Kier alpha value is -2.04. The number of alkyl halides is 3. The number of carbonyl (C=O) groups is 3. The van der Waals surface area contributed by atoms with Crippen molar-refractivity contribution in [1.29, 1.82) is 0 Å². The number of benzene rings is 2. The SMILES string of the molecule is C=O.C=O.FC(F)(F)c1c[c-]ccc1.[CH2-]c1ccc(NC(=O)C(/C=C\C)=NC)cc1C.[K+]. The average Bonchev–Trinajstić information content (AvgIpc) is 2.78. The molecule has 0 spiro atoms. The van der Waals surface area contributed by atoms with Gasteiger partial charge in [0.25, 0.3) is 5.91 Å². The summed E-state index contributed by atoms with van der Waals surface area (Å²) in [5.41, 5.74) is 2.51. The molecule has 0 aliphatic rings. The Balaban J connectivity index is -0.000000480. The minimum Gasteiger partial charge on any atom is -0.323 e. The third-order valence-electron chi connectivity index (χ3n) is 3.43. The quantitative estimate of drug-likeness (QED) is 0.420. The average molecular weight is 474 g/mol. The standard InChI is InChI=1S/C14H17N2O.C7H4F3.2CH2O.K/c1-5-6-13(15-4)14(17)16-12-8-7-10(2)11(3)9-12;8-7(9,10)6-4-2-1-3-5-6;2*1-2;/h5-9H,2H2,1,3-4H3,(H,16,17);1-2,4-5H;2*1H2;/q2*-1;;;+1/b6-5-,15-13?;;;;. The van der Waals surface area contributed by atoms with Gasteiger partial charge in [-0.05, 0) is 13.0 Å². The van der Waals surface area contributed by atoms with Crippen molar-refractivity contribution < 1.29 is 78.9 Å². The van der Waals surface area contributed by atoms with E-state index in [1.807, 2.05) is 45.6 Å². The van der Waals surface area contributed by atoms with Crippen LogP contribution in [0.2, 0.25) is 0 Å². The molecular formula is C23H25F3KN2O3-. The van der Waals surface area contributed by atoms with Crippen molar-refractivity contribution in [3.05, 3.63) is 84.3 Å². The van der Waals surface area contributed by atoms with Crippen molar-refractivity contribution >= 4 is 30.9 Å². The minimum absolute atomic E-state index is 0. The predicted octanol–water partition coefficient (Wildman–Crippen LogP) is 1.90. The molecule has 0 saturated carbocycles. The van der Waals surface area contributed by atoms with E-state index in [9.17, 15) is 18.0 Å². The van der Waals surface area contributed by atoms with Crippen molar-refractivity contribution in [2.75, 3.05) is 12.4 Å². The Labute approximate surface area is 229 Å². The number of hydrogen-bond donors (Lipinski definition) is 1. The fourth-order valence-electron chi connectivity index (χ4n) is 1.95. The number of aliphatic imine (C=N–C) groups is 1. The Bertz CT molecular complexity index is 853. The van der Waals surface area contributed by atoms with Gasteiger partial charge < -0.3 is 14.9 Å².